The van der Waals surface area contributed by atoms with Crippen molar-refractivity contribution in [2.24, 2.45) is 5.41 Å². The summed E-state index contributed by atoms with van der Waals surface area (Å²) in [4.78, 5) is 2.69. The van der Waals surface area contributed by atoms with E-state index in [1.807, 2.05) is 0 Å². The number of hydrogen-bond acceptors (Lipinski definition) is 2. The number of benzene rings is 1. The number of nitrogens with zero attached hydrogens (tertiary/aromatic N) is 3. The van der Waals surface area contributed by atoms with E-state index >= 15 is 0 Å². The van der Waals surface area contributed by atoms with Crippen LogP contribution in [0, 0.1) is 12.3 Å². The third-order valence-electron chi connectivity index (χ3n) is 6.42. The molecular formula is C21H29N3. The average Bonchev–Trinajstić information content (AvgIpc) is 3.31. The Morgan fingerprint density at radius 3 is 2.58 bits per heavy atom. The van der Waals surface area contributed by atoms with Gasteiger partial charge < -0.3 is 0 Å². The minimum Gasteiger partial charge on any atom is -0.298 e. The Kier molecular flexibility index (Phi) is 4.21. The van der Waals surface area contributed by atoms with E-state index in [1.54, 1.807) is 5.56 Å². The lowest BCUT2D eigenvalue weighted by atomic mass is 9.73. The highest BCUT2D eigenvalue weighted by atomic mass is 15.3. The Morgan fingerprint density at radius 2 is 1.92 bits per heavy atom. The zero-order valence-electron chi connectivity index (χ0n) is 15.0. The summed E-state index contributed by atoms with van der Waals surface area (Å²) in [7, 11) is 0. The maximum atomic E-state index is 4.53. The van der Waals surface area contributed by atoms with Crippen LogP contribution in [0.3, 0.4) is 0 Å². The van der Waals surface area contributed by atoms with Crippen LogP contribution in [0.25, 0.3) is 0 Å². The number of aryl methyl sites for hydroxylation is 1. The molecule has 1 aliphatic carbocycles. The van der Waals surface area contributed by atoms with Gasteiger partial charge >= 0.3 is 0 Å². The molecule has 0 bridgehead atoms. The van der Waals surface area contributed by atoms with Crippen LogP contribution in [-0.4, -0.2) is 27.8 Å². The molecule has 1 spiro atoms. The van der Waals surface area contributed by atoms with Gasteiger partial charge in [0.25, 0.3) is 0 Å². The fraction of sp³-hybridized carbons (Fsp3) is 0.571. The van der Waals surface area contributed by atoms with Gasteiger partial charge in [0.05, 0.1) is 6.20 Å². The first-order valence-electron chi connectivity index (χ1n) is 9.50. The molecule has 1 atom stereocenters. The summed E-state index contributed by atoms with van der Waals surface area (Å²) in [6, 6.07) is 11.2. The Morgan fingerprint density at radius 1 is 1.17 bits per heavy atom. The molecule has 2 aromatic rings. The van der Waals surface area contributed by atoms with E-state index in [4.69, 9.17) is 0 Å². The number of likely N-dealkylation sites (tertiary alicyclic amines) is 1. The average molecular weight is 323 g/mol. The largest absolute Gasteiger partial charge is 0.298 e. The van der Waals surface area contributed by atoms with Gasteiger partial charge in [-0.1, -0.05) is 43.2 Å². The molecule has 0 N–H and O–H groups in total. The minimum atomic E-state index is 0.510. The molecule has 0 amide bonds. The van der Waals surface area contributed by atoms with Crippen molar-refractivity contribution in [3.8, 4) is 0 Å². The van der Waals surface area contributed by atoms with Crippen LogP contribution in [0.4, 0.5) is 0 Å². The van der Waals surface area contributed by atoms with E-state index in [0.717, 1.165) is 13.1 Å². The highest BCUT2D eigenvalue weighted by Crippen LogP contribution is 2.53. The lowest BCUT2D eigenvalue weighted by molar-refractivity contribution is 0.247. The molecule has 2 aliphatic rings. The van der Waals surface area contributed by atoms with E-state index in [-0.39, 0.29) is 0 Å². The minimum absolute atomic E-state index is 0.510. The topological polar surface area (TPSA) is 21.1 Å². The van der Waals surface area contributed by atoms with E-state index < -0.39 is 0 Å². The molecule has 1 saturated carbocycles. The van der Waals surface area contributed by atoms with Crippen LogP contribution in [0.2, 0.25) is 0 Å². The molecule has 1 saturated heterocycles. The molecule has 2 fully saturated rings. The monoisotopic (exact) mass is 323 g/mol. The third kappa shape index (κ3) is 2.69. The van der Waals surface area contributed by atoms with Crippen molar-refractivity contribution < 1.29 is 0 Å². The maximum Gasteiger partial charge on any atom is 0.0537 e. The summed E-state index contributed by atoms with van der Waals surface area (Å²) in [5, 5.41) is 4.53. The van der Waals surface area contributed by atoms with Crippen molar-refractivity contribution in [1.29, 1.82) is 0 Å². The summed E-state index contributed by atoms with van der Waals surface area (Å²) in [5.41, 5.74) is 4.79. The van der Waals surface area contributed by atoms with Gasteiger partial charge in [0.2, 0.25) is 0 Å². The molecule has 24 heavy (non-hydrogen) atoms. The SMILES string of the molecule is CCn1ncc(CN2CC(c3ccccc3)C3(CCCC3)C2)c1C. The first-order valence-corrected chi connectivity index (χ1v) is 9.50. The smallest absolute Gasteiger partial charge is 0.0537 e. The van der Waals surface area contributed by atoms with Crippen molar-refractivity contribution >= 4 is 0 Å². The fourth-order valence-corrected chi connectivity index (χ4v) is 5.12. The molecule has 3 nitrogen and oxygen atoms in total. The third-order valence-corrected chi connectivity index (χ3v) is 6.42. The Labute approximate surface area is 145 Å². The quantitative estimate of drug-likeness (QED) is 0.833. The van der Waals surface area contributed by atoms with Crippen molar-refractivity contribution in [3.05, 3.63) is 53.3 Å². The second kappa shape index (κ2) is 6.36. The standard InChI is InChI=1S/C21H29N3/c1-3-24-17(2)19(13-22-24)14-23-15-20(18-9-5-4-6-10-18)21(16-23)11-7-8-12-21/h4-6,9-10,13,20H,3,7-8,11-12,14-16H2,1-2H3. The van der Waals surface area contributed by atoms with Crippen LogP contribution in [0.15, 0.2) is 36.5 Å². The molecule has 4 rings (SSSR count). The first-order chi connectivity index (χ1) is 11.7. The van der Waals surface area contributed by atoms with Gasteiger partial charge in [0.15, 0.2) is 0 Å². The molecule has 1 unspecified atom stereocenters. The molecular weight excluding hydrogens is 294 g/mol. The van der Waals surface area contributed by atoms with E-state index in [0.29, 0.717) is 11.3 Å². The summed E-state index contributed by atoms with van der Waals surface area (Å²) < 4.78 is 2.12. The van der Waals surface area contributed by atoms with Crippen LogP contribution in [0.1, 0.15) is 55.3 Å². The van der Waals surface area contributed by atoms with Gasteiger partial charge in [-0.3, -0.25) is 9.58 Å². The van der Waals surface area contributed by atoms with Crippen molar-refractivity contribution in [2.75, 3.05) is 13.1 Å². The van der Waals surface area contributed by atoms with E-state index in [2.05, 4.69) is 65.1 Å². The summed E-state index contributed by atoms with van der Waals surface area (Å²) in [6.45, 7) is 8.84. The molecule has 1 aliphatic heterocycles. The predicted molar refractivity (Wildman–Crippen MR) is 98.0 cm³/mol. The van der Waals surface area contributed by atoms with Crippen LogP contribution >= 0.6 is 0 Å². The normalized spacial score (nSPS) is 23.3. The number of hydrogen-bond donors (Lipinski definition) is 0. The van der Waals surface area contributed by atoms with Crippen molar-refractivity contribution in [2.45, 2.75) is 58.5 Å². The number of aromatic nitrogens is 2. The van der Waals surface area contributed by atoms with Gasteiger partial charge in [-0.15, -0.1) is 0 Å². The molecule has 128 valence electrons. The van der Waals surface area contributed by atoms with E-state index in [1.165, 1.54) is 50.0 Å². The fourth-order valence-electron chi connectivity index (χ4n) is 5.12. The van der Waals surface area contributed by atoms with Crippen molar-refractivity contribution in [3.63, 3.8) is 0 Å². The molecule has 3 heteroatoms. The van der Waals surface area contributed by atoms with E-state index in [9.17, 15) is 0 Å². The van der Waals surface area contributed by atoms with Gasteiger partial charge in [-0.2, -0.15) is 5.10 Å². The van der Waals surface area contributed by atoms with Gasteiger partial charge in [-0.05, 0) is 37.7 Å². The van der Waals surface area contributed by atoms with Gasteiger partial charge in [0.1, 0.15) is 0 Å². The maximum absolute atomic E-state index is 4.53. The Hall–Kier alpha value is -1.61. The molecule has 2 heterocycles. The zero-order chi connectivity index (χ0) is 16.6. The Balaban J connectivity index is 1.57. The Bertz CT molecular complexity index is 682. The first kappa shape index (κ1) is 15.9. The number of rotatable bonds is 4. The van der Waals surface area contributed by atoms with Crippen LogP contribution in [-0.2, 0) is 13.1 Å². The molecule has 0 radical (unpaired) electrons. The second-order valence-electron chi connectivity index (χ2n) is 7.77. The van der Waals surface area contributed by atoms with Crippen LogP contribution < -0.4 is 0 Å². The second-order valence-corrected chi connectivity index (χ2v) is 7.77. The summed E-state index contributed by atoms with van der Waals surface area (Å²) in [6.07, 6.45) is 7.69. The lowest BCUT2D eigenvalue weighted by Gasteiger charge is -2.30. The van der Waals surface area contributed by atoms with Gasteiger partial charge in [0, 0.05) is 43.4 Å². The lowest BCUT2D eigenvalue weighted by Crippen LogP contribution is -2.26. The summed E-state index contributed by atoms with van der Waals surface area (Å²) >= 11 is 0. The molecule has 1 aromatic heterocycles. The highest BCUT2D eigenvalue weighted by Gasteiger charge is 2.48. The molecule has 1 aromatic carbocycles. The highest BCUT2D eigenvalue weighted by molar-refractivity contribution is 5.26. The van der Waals surface area contributed by atoms with Gasteiger partial charge in [-0.25, -0.2) is 0 Å². The summed E-state index contributed by atoms with van der Waals surface area (Å²) in [5.74, 6) is 0.697. The predicted octanol–water partition coefficient (Wildman–Crippen LogP) is 4.37. The zero-order valence-corrected chi connectivity index (χ0v) is 15.0. The van der Waals surface area contributed by atoms with Crippen molar-refractivity contribution in [1.82, 2.24) is 14.7 Å². The van der Waals surface area contributed by atoms with Crippen LogP contribution in [0.5, 0.6) is 0 Å².